The van der Waals surface area contributed by atoms with Crippen LogP contribution in [-0.2, 0) is 16.6 Å². The third-order valence-corrected chi connectivity index (χ3v) is 5.36. The van der Waals surface area contributed by atoms with Gasteiger partial charge >= 0.3 is 0 Å². The van der Waals surface area contributed by atoms with Gasteiger partial charge < -0.3 is 10.5 Å². The van der Waals surface area contributed by atoms with Crippen LogP contribution < -0.4 is 15.2 Å². The zero-order chi connectivity index (χ0) is 24.3. The summed E-state index contributed by atoms with van der Waals surface area (Å²) in [4.78, 5) is 20.6. The van der Waals surface area contributed by atoms with Gasteiger partial charge in [0, 0.05) is 40.9 Å². The predicted octanol–water partition coefficient (Wildman–Crippen LogP) is 3.03. The SMILES string of the molecule is CS(=O)(=O)Nc1cc(Cl)cc(-c2nn(-c3ncccc3OCc3cccnc3)cc2C(N)=O)c1. The summed E-state index contributed by atoms with van der Waals surface area (Å²) in [7, 11) is -3.55. The normalized spacial score (nSPS) is 11.2. The summed E-state index contributed by atoms with van der Waals surface area (Å²) < 4.78 is 32.9. The minimum atomic E-state index is -3.55. The van der Waals surface area contributed by atoms with Gasteiger partial charge in [0.25, 0.3) is 5.91 Å². The highest BCUT2D eigenvalue weighted by Gasteiger charge is 2.20. The minimum Gasteiger partial charge on any atom is -0.485 e. The molecule has 4 rings (SSSR count). The average molecular weight is 499 g/mol. The number of primary amides is 1. The van der Waals surface area contributed by atoms with Crippen LogP contribution in [0, 0.1) is 0 Å². The first-order chi connectivity index (χ1) is 16.2. The molecule has 0 unspecified atom stereocenters. The zero-order valence-electron chi connectivity index (χ0n) is 17.8. The van der Waals surface area contributed by atoms with E-state index in [1.54, 1.807) is 42.9 Å². The highest BCUT2D eigenvalue weighted by atomic mass is 35.5. The fourth-order valence-corrected chi connectivity index (χ4v) is 3.97. The lowest BCUT2D eigenvalue weighted by Gasteiger charge is -2.10. The highest BCUT2D eigenvalue weighted by molar-refractivity contribution is 7.92. The summed E-state index contributed by atoms with van der Waals surface area (Å²) in [5, 5.41) is 4.73. The third kappa shape index (κ3) is 5.50. The molecule has 3 N–H and O–H groups in total. The molecule has 1 amide bonds. The number of nitrogens with one attached hydrogen (secondary N) is 1. The second-order valence-corrected chi connectivity index (χ2v) is 9.46. The lowest BCUT2D eigenvalue weighted by Crippen LogP contribution is -2.11. The van der Waals surface area contributed by atoms with Gasteiger partial charge in [-0.15, -0.1) is 0 Å². The maximum absolute atomic E-state index is 12.2. The van der Waals surface area contributed by atoms with Crippen LogP contribution in [0.5, 0.6) is 5.75 Å². The molecule has 174 valence electrons. The van der Waals surface area contributed by atoms with Crippen molar-refractivity contribution in [1.82, 2.24) is 19.7 Å². The number of ether oxygens (including phenoxy) is 1. The number of sulfonamides is 1. The number of hydrogen-bond acceptors (Lipinski definition) is 7. The average Bonchev–Trinajstić information content (AvgIpc) is 3.23. The van der Waals surface area contributed by atoms with Crippen LogP contribution in [0.2, 0.25) is 5.02 Å². The number of carbonyl (C=O) groups excluding carboxylic acids is 1. The molecule has 0 aliphatic rings. The third-order valence-electron chi connectivity index (χ3n) is 4.54. The van der Waals surface area contributed by atoms with Crippen molar-refractivity contribution in [1.29, 1.82) is 0 Å². The van der Waals surface area contributed by atoms with Crippen LogP contribution in [0.15, 0.2) is 67.3 Å². The van der Waals surface area contributed by atoms with Gasteiger partial charge in [0.15, 0.2) is 11.6 Å². The highest BCUT2D eigenvalue weighted by Crippen LogP contribution is 2.31. The number of benzene rings is 1. The Morgan fingerprint density at radius 2 is 2.00 bits per heavy atom. The molecular formula is C22H19ClN6O4S. The molecule has 12 heteroatoms. The number of pyridine rings is 2. The van der Waals surface area contributed by atoms with E-state index in [1.807, 2.05) is 6.07 Å². The van der Waals surface area contributed by atoms with E-state index < -0.39 is 15.9 Å². The second kappa shape index (κ2) is 9.49. The summed E-state index contributed by atoms with van der Waals surface area (Å²) in [6.07, 6.45) is 7.37. The topological polar surface area (TPSA) is 142 Å². The van der Waals surface area contributed by atoms with Crippen molar-refractivity contribution in [2.45, 2.75) is 6.61 Å². The van der Waals surface area contributed by atoms with Gasteiger partial charge in [-0.05, 0) is 36.4 Å². The Balaban J connectivity index is 1.74. The number of aromatic nitrogens is 4. The predicted molar refractivity (Wildman–Crippen MR) is 127 cm³/mol. The number of hydrogen-bond donors (Lipinski definition) is 2. The molecule has 0 bridgehead atoms. The van der Waals surface area contributed by atoms with Crippen molar-refractivity contribution in [3.05, 3.63) is 83.4 Å². The number of amides is 1. The Bertz CT molecular complexity index is 1460. The number of nitrogens with two attached hydrogens (primary N) is 1. The monoisotopic (exact) mass is 498 g/mol. The lowest BCUT2D eigenvalue weighted by atomic mass is 10.1. The van der Waals surface area contributed by atoms with Gasteiger partial charge in [-0.25, -0.2) is 18.1 Å². The largest absolute Gasteiger partial charge is 0.485 e. The standard InChI is InChI=1S/C22H19ClN6O4S/c1-34(31,32)28-17-9-15(8-16(23)10-17)20-18(21(24)30)12-29(27-20)22-19(5-3-7-26-22)33-13-14-4-2-6-25-11-14/h2-12,28H,13H2,1H3,(H2,24,30). The maximum atomic E-state index is 12.2. The van der Waals surface area contributed by atoms with Gasteiger partial charge in [0.1, 0.15) is 12.3 Å². The molecule has 34 heavy (non-hydrogen) atoms. The van der Waals surface area contributed by atoms with Crippen molar-refractivity contribution in [3.8, 4) is 22.8 Å². The Labute approximate surface area is 200 Å². The number of halogens is 1. The van der Waals surface area contributed by atoms with Gasteiger partial charge in [-0.2, -0.15) is 5.10 Å². The smallest absolute Gasteiger partial charge is 0.252 e. The van der Waals surface area contributed by atoms with Gasteiger partial charge in [0.2, 0.25) is 10.0 Å². The number of carbonyl (C=O) groups is 1. The quantitative estimate of drug-likeness (QED) is 0.380. The fourth-order valence-electron chi connectivity index (χ4n) is 3.19. The molecule has 3 aromatic heterocycles. The molecule has 0 spiro atoms. The van der Waals surface area contributed by atoms with Crippen LogP contribution in [0.4, 0.5) is 5.69 Å². The molecule has 0 aliphatic heterocycles. The summed E-state index contributed by atoms with van der Waals surface area (Å²) >= 11 is 6.19. The lowest BCUT2D eigenvalue weighted by molar-refractivity contribution is 0.100. The van der Waals surface area contributed by atoms with Crippen LogP contribution in [0.1, 0.15) is 15.9 Å². The Hall–Kier alpha value is -3.96. The van der Waals surface area contributed by atoms with E-state index in [9.17, 15) is 13.2 Å². The molecule has 3 heterocycles. The number of anilines is 1. The maximum Gasteiger partial charge on any atom is 0.252 e. The Kier molecular flexibility index (Phi) is 6.48. The second-order valence-electron chi connectivity index (χ2n) is 7.28. The van der Waals surface area contributed by atoms with E-state index in [2.05, 4.69) is 19.8 Å². The van der Waals surface area contributed by atoms with E-state index in [4.69, 9.17) is 22.1 Å². The van der Waals surface area contributed by atoms with Crippen molar-refractivity contribution < 1.29 is 17.9 Å². The molecule has 0 radical (unpaired) electrons. The van der Waals surface area contributed by atoms with Crippen LogP contribution in [0.3, 0.4) is 0 Å². The Morgan fingerprint density at radius 1 is 1.21 bits per heavy atom. The summed E-state index contributed by atoms with van der Waals surface area (Å²) in [6, 6.07) is 11.6. The number of rotatable bonds is 8. The molecule has 0 atom stereocenters. The van der Waals surface area contributed by atoms with Crippen LogP contribution in [0.25, 0.3) is 17.1 Å². The van der Waals surface area contributed by atoms with Crippen molar-refractivity contribution in [3.63, 3.8) is 0 Å². The fraction of sp³-hybridized carbons (Fsp3) is 0.0909. The van der Waals surface area contributed by atoms with Crippen LogP contribution in [-0.4, -0.2) is 40.3 Å². The molecule has 4 aromatic rings. The molecule has 0 aliphatic carbocycles. The van der Waals surface area contributed by atoms with E-state index in [0.29, 0.717) is 17.1 Å². The molecule has 0 fully saturated rings. The summed E-state index contributed by atoms with van der Waals surface area (Å²) in [5.41, 5.74) is 7.36. The number of nitrogens with zero attached hydrogens (tertiary/aromatic N) is 4. The van der Waals surface area contributed by atoms with Crippen molar-refractivity contribution >= 4 is 33.2 Å². The zero-order valence-corrected chi connectivity index (χ0v) is 19.4. The van der Waals surface area contributed by atoms with E-state index >= 15 is 0 Å². The Morgan fingerprint density at radius 3 is 2.71 bits per heavy atom. The first-order valence-corrected chi connectivity index (χ1v) is 12.1. The van der Waals surface area contributed by atoms with Gasteiger partial charge in [0.05, 0.1) is 17.5 Å². The van der Waals surface area contributed by atoms with Gasteiger partial charge in [-0.1, -0.05) is 17.7 Å². The molecule has 0 saturated carbocycles. The van der Waals surface area contributed by atoms with Gasteiger partial charge in [-0.3, -0.25) is 14.5 Å². The summed E-state index contributed by atoms with van der Waals surface area (Å²) in [5.74, 6) is 0.0196. The van der Waals surface area contributed by atoms with Crippen molar-refractivity contribution in [2.75, 3.05) is 11.0 Å². The van der Waals surface area contributed by atoms with E-state index in [-0.39, 0.29) is 28.6 Å². The van der Waals surface area contributed by atoms with E-state index in [1.165, 1.54) is 23.0 Å². The summed E-state index contributed by atoms with van der Waals surface area (Å²) in [6.45, 7) is 0.248. The molecule has 10 nitrogen and oxygen atoms in total. The van der Waals surface area contributed by atoms with Crippen LogP contribution >= 0.6 is 11.6 Å². The minimum absolute atomic E-state index is 0.0939. The van der Waals surface area contributed by atoms with E-state index in [0.717, 1.165) is 11.8 Å². The van der Waals surface area contributed by atoms with Crippen molar-refractivity contribution in [2.24, 2.45) is 5.73 Å². The molecule has 1 aromatic carbocycles. The molecule has 0 saturated heterocycles. The molecular weight excluding hydrogens is 480 g/mol. The first kappa shape index (κ1) is 23.2. The first-order valence-electron chi connectivity index (χ1n) is 9.85.